The summed E-state index contributed by atoms with van der Waals surface area (Å²) >= 11 is 0. The van der Waals surface area contributed by atoms with Gasteiger partial charge in [-0.15, -0.1) is 0 Å². The smallest absolute Gasteiger partial charge is 0.325 e. The van der Waals surface area contributed by atoms with Crippen LogP contribution in [0.4, 0.5) is 4.79 Å². The van der Waals surface area contributed by atoms with E-state index in [1.165, 1.54) is 0 Å². The third-order valence-electron chi connectivity index (χ3n) is 4.93. The van der Waals surface area contributed by atoms with Gasteiger partial charge in [0.25, 0.3) is 5.91 Å². The largest absolute Gasteiger partial charge is 0.341 e. The van der Waals surface area contributed by atoms with E-state index in [9.17, 15) is 14.4 Å². The van der Waals surface area contributed by atoms with Crippen molar-refractivity contribution in [1.29, 1.82) is 0 Å². The molecule has 0 bridgehead atoms. The zero-order valence-electron chi connectivity index (χ0n) is 14.1. The summed E-state index contributed by atoms with van der Waals surface area (Å²) in [5.74, 6) is -0.0835. The number of amides is 4. The molecule has 0 unspecified atom stereocenters. The molecule has 0 radical (unpaired) electrons. The summed E-state index contributed by atoms with van der Waals surface area (Å²) in [4.78, 5) is 40.4. The molecule has 24 heavy (non-hydrogen) atoms. The summed E-state index contributed by atoms with van der Waals surface area (Å²) in [6, 6.07) is 8.59. The maximum Gasteiger partial charge on any atom is 0.325 e. The molecule has 1 N–H and O–H groups in total. The summed E-state index contributed by atoms with van der Waals surface area (Å²) in [5.41, 5.74) is -0.404. The number of piperidine rings is 1. The number of urea groups is 1. The average molecular weight is 329 g/mol. The van der Waals surface area contributed by atoms with Gasteiger partial charge in [0, 0.05) is 13.1 Å². The standard InChI is InChI=1S/C18H23N3O3/c1-13-7-6-10-20(11-13)15(22)12-21-16(23)18(2,19-17(21)24)14-8-4-3-5-9-14/h3-5,8-9,13H,6-7,10-12H2,1-2H3,(H,19,24)/t13-,18-/m0/s1. The molecular formula is C18H23N3O3. The van der Waals surface area contributed by atoms with Gasteiger partial charge >= 0.3 is 6.03 Å². The Morgan fingerprint density at radius 1 is 1.29 bits per heavy atom. The van der Waals surface area contributed by atoms with E-state index in [2.05, 4.69) is 12.2 Å². The number of rotatable bonds is 3. The predicted molar refractivity (Wildman–Crippen MR) is 89.0 cm³/mol. The predicted octanol–water partition coefficient (Wildman–Crippen LogP) is 1.71. The van der Waals surface area contributed by atoms with Crippen molar-refractivity contribution in [2.75, 3.05) is 19.6 Å². The Balaban J connectivity index is 1.74. The molecule has 4 amide bonds. The Hall–Kier alpha value is -2.37. The van der Waals surface area contributed by atoms with Gasteiger partial charge in [-0.3, -0.25) is 14.5 Å². The Morgan fingerprint density at radius 3 is 2.67 bits per heavy atom. The van der Waals surface area contributed by atoms with Gasteiger partial charge in [0.1, 0.15) is 12.1 Å². The normalized spacial score (nSPS) is 27.3. The number of imide groups is 1. The summed E-state index contributed by atoms with van der Waals surface area (Å²) in [6.07, 6.45) is 2.08. The van der Waals surface area contributed by atoms with Crippen LogP contribution in [0.25, 0.3) is 0 Å². The second-order valence-corrected chi connectivity index (χ2v) is 6.90. The van der Waals surface area contributed by atoms with Crippen molar-refractivity contribution in [3.8, 4) is 0 Å². The van der Waals surface area contributed by atoms with Crippen LogP contribution in [0.1, 0.15) is 32.3 Å². The highest BCUT2D eigenvalue weighted by Crippen LogP contribution is 2.28. The third-order valence-corrected chi connectivity index (χ3v) is 4.93. The highest BCUT2D eigenvalue weighted by atomic mass is 16.2. The lowest BCUT2D eigenvalue weighted by molar-refractivity contribution is -0.139. The minimum atomic E-state index is -1.12. The van der Waals surface area contributed by atoms with Crippen LogP contribution in [0.15, 0.2) is 30.3 Å². The number of likely N-dealkylation sites (tertiary alicyclic amines) is 1. The average Bonchev–Trinajstić information content (AvgIpc) is 2.80. The summed E-state index contributed by atoms with van der Waals surface area (Å²) in [5, 5.41) is 2.73. The molecule has 2 heterocycles. The van der Waals surface area contributed by atoms with E-state index in [1.807, 2.05) is 18.2 Å². The molecule has 6 heteroatoms. The minimum Gasteiger partial charge on any atom is -0.341 e. The van der Waals surface area contributed by atoms with E-state index in [4.69, 9.17) is 0 Å². The molecule has 1 aromatic rings. The quantitative estimate of drug-likeness (QED) is 0.858. The van der Waals surface area contributed by atoms with E-state index in [0.29, 0.717) is 24.6 Å². The van der Waals surface area contributed by atoms with Crippen molar-refractivity contribution in [2.45, 2.75) is 32.2 Å². The van der Waals surface area contributed by atoms with Gasteiger partial charge in [0.05, 0.1) is 0 Å². The molecule has 128 valence electrons. The molecule has 1 aromatic carbocycles. The van der Waals surface area contributed by atoms with E-state index in [-0.39, 0.29) is 18.4 Å². The minimum absolute atomic E-state index is 0.164. The fourth-order valence-electron chi connectivity index (χ4n) is 3.46. The number of nitrogens with one attached hydrogen (secondary N) is 1. The fourth-order valence-corrected chi connectivity index (χ4v) is 3.46. The Bertz CT molecular complexity index is 661. The first-order valence-electron chi connectivity index (χ1n) is 8.39. The molecule has 3 rings (SSSR count). The first-order valence-corrected chi connectivity index (χ1v) is 8.39. The molecule has 2 atom stereocenters. The number of hydrogen-bond donors (Lipinski definition) is 1. The zero-order chi connectivity index (χ0) is 17.3. The number of carbonyl (C=O) groups is 3. The molecule has 2 aliphatic rings. The van der Waals surface area contributed by atoms with Gasteiger partial charge in [0.15, 0.2) is 0 Å². The van der Waals surface area contributed by atoms with Gasteiger partial charge in [-0.1, -0.05) is 37.3 Å². The van der Waals surface area contributed by atoms with Crippen LogP contribution in [0.3, 0.4) is 0 Å². The molecule has 0 spiro atoms. The van der Waals surface area contributed by atoms with Gasteiger partial charge in [-0.25, -0.2) is 4.79 Å². The topological polar surface area (TPSA) is 69.7 Å². The van der Waals surface area contributed by atoms with Crippen LogP contribution < -0.4 is 5.32 Å². The SMILES string of the molecule is C[C@H]1CCCN(C(=O)CN2C(=O)N[C@@](C)(c3ccccc3)C2=O)C1. The number of hydrogen-bond acceptors (Lipinski definition) is 3. The first kappa shape index (κ1) is 16.5. The van der Waals surface area contributed by atoms with Crippen LogP contribution in [0.2, 0.25) is 0 Å². The van der Waals surface area contributed by atoms with Crippen molar-refractivity contribution in [1.82, 2.24) is 15.1 Å². The van der Waals surface area contributed by atoms with Gasteiger partial charge in [-0.05, 0) is 31.2 Å². The zero-order valence-corrected chi connectivity index (χ0v) is 14.1. The maximum atomic E-state index is 12.8. The highest BCUT2D eigenvalue weighted by molar-refractivity contribution is 6.09. The Morgan fingerprint density at radius 2 is 2.00 bits per heavy atom. The third kappa shape index (κ3) is 2.88. The highest BCUT2D eigenvalue weighted by Gasteiger charge is 2.49. The molecular weight excluding hydrogens is 306 g/mol. The molecule has 6 nitrogen and oxygen atoms in total. The van der Waals surface area contributed by atoms with Gasteiger partial charge in [0.2, 0.25) is 5.91 Å². The lowest BCUT2D eigenvalue weighted by Crippen LogP contribution is -2.47. The lowest BCUT2D eigenvalue weighted by Gasteiger charge is -2.31. The van der Waals surface area contributed by atoms with Crippen LogP contribution in [0, 0.1) is 5.92 Å². The summed E-state index contributed by atoms with van der Waals surface area (Å²) in [7, 11) is 0. The first-order chi connectivity index (χ1) is 11.4. The molecule has 2 fully saturated rings. The van der Waals surface area contributed by atoms with E-state index in [0.717, 1.165) is 17.7 Å². The molecule has 0 saturated carbocycles. The summed E-state index contributed by atoms with van der Waals surface area (Å²) < 4.78 is 0. The van der Waals surface area contributed by atoms with E-state index >= 15 is 0 Å². The lowest BCUT2D eigenvalue weighted by atomic mass is 9.92. The monoisotopic (exact) mass is 329 g/mol. The van der Waals surface area contributed by atoms with Crippen LogP contribution in [-0.2, 0) is 15.1 Å². The fraction of sp³-hybridized carbons (Fsp3) is 0.500. The number of benzene rings is 1. The Labute approximate surface area is 141 Å². The van der Waals surface area contributed by atoms with Crippen molar-refractivity contribution in [2.24, 2.45) is 5.92 Å². The number of carbonyl (C=O) groups excluding carboxylic acids is 3. The van der Waals surface area contributed by atoms with Crippen LogP contribution in [0.5, 0.6) is 0 Å². The molecule has 0 aromatic heterocycles. The second-order valence-electron chi connectivity index (χ2n) is 6.90. The van der Waals surface area contributed by atoms with Gasteiger partial charge in [-0.2, -0.15) is 0 Å². The van der Waals surface area contributed by atoms with Crippen molar-refractivity contribution in [3.63, 3.8) is 0 Å². The van der Waals surface area contributed by atoms with Crippen molar-refractivity contribution < 1.29 is 14.4 Å². The summed E-state index contributed by atoms with van der Waals surface area (Å²) in [6.45, 7) is 4.98. The molecule has 2 saturated heterocycles. The van der Waals surface area contributed by atoms with Crippen LogP contribution in [-0.4, -0.2) is 47.3 Å². The van der Waals surface area contributed by atoms with E-state index < -0.39 is 11.6 Å². The van der Waals surface area contributed by atoms with Crippen molar-refractivity contribution in [3.05, 3.63) is 35.9 Å². The van der Waals surface area contributed by atoms with Gasteiger partial charge < -0.3 is 10.2 Å². The van der Waals surface area contributed by atoms with Crippen molar-refractivity contribution >= 4 is 17.8 Å². The van der Waals surface area contributed by atoms with E-state index in [1.54, 1.807) is 24.0 Å². The Kier molecular flexibility index (Phi) is 4.30. The maximum absolute atomic E-state index is 12.8. The molecule has 2 aliphatic heterocycles. The second kappa shape index (κ2) is 6.26. The number of nitrogens with zero attached hydrogens (tertiary/aromatic N) is 2. The molecule has 0 aliphatic carbocycles. The van der Waals surface area contributed by atoms with Crippen LogP contribution >= 0.6 is 0 Å².